The van der Waals surface area contributed by atoms with Crippen molar-refractivity contribution in [3.05, 3.63) is 64.1 Å². The van der Waals surface area contributed by atoms with E-state index in [1.165, 1.54) is 0 Å². The first-order valence-corrected chi connectivity index (χ1v) is 7.24. The molecule has 0 saturated carbocycles. The van der Waals surface area contributed by atoms with Crippen LogP contribution in [0.5, 0.6) is 0 Å². The molecule has 0 aromatic heterocycles. The van der Waals surface area contributed by atoms with E-state index in [0.29, 0.717) is 11.3 Å². The predicted molar refractivity (Wildman–Crippen MR) is 86.3 cm³/mol. The van der Waals surface area contributed by atoms with Gasteiger partial charge >= 0.3 is 0 Å². The van der Waals surface area contributed by atoms with Crippen molar-refractivity contribution >= 4 is 33.4 Å². The topological polar surface area (TPSA) is 58.2 Å². The minimum Gasteiger partial charge on any atom is -0.343 e. The molecule has 0 fully saturated rings. The number of hydrogen-bond acceptors (Lipinski definition) is 2. The number of benzene rings is 2. The van der Waals surface area contributed by atoms with Gasteiger partial charge in [0.25, 0.3) is 5.91 Å². The number of anilines is 1. The average molecular weight is 347 g/mol. The summed E-state index contributed by atoms with van der Waals surface area (Å²) in [7, 11) is 0. The molecule has 21 heavy (non-hydrogen) atoms. The fraction of sp³-hybridized carbons (Fsp3) is 0.125. The molecule has 0 atom stereocenters. The minimum absolute atomic E-state index is 0.0666. The summed E-state index contributed by atoms with van der Waals surface area (Å²) in [6.45, 7) is 1.85. The highest BCUT2D eigenvalue weighted by molar-refractivity contribution is 9.10. The van der Waals surface area contributed by atoms with Gasteiger partial charge in [0.05, 0.1) is 6.54 Å². The van der Waals surface area contributed by atoms with E-state index in [1.54, 1.807) is 24.3 Å². The van der Waals surface area contributed by atoms with Crippen LogP contribution in [0.2, 0.25) is 0 Å². The van der Waals surface area contributed by atoms with Gasteiger partial charge in [-0.2, -0.15) is 0 Å². The Balaban J connectivity index is 1.86. The Hall–Kier alpha value is -2.14. The molecule has 5 heteroatoms. The molecule has 0 radical (unpaired) electrons. The van der Waals surface area contributed by atoms with Gasteiger partial charge in [0.2, 0.25) is 5.91 Å². The summed E-state index contributed by atoms with van der Waals surface area (Å²) in [5.74, 6) is -0.525. The molecule has 0 bridgehead atoms. The Bertz CT molecular complexity index is 654. The van der Waals surface area contributed by atoms with Crippen molar-refractivity contribution in [1.29, 1.82) is 0 Å². The number of carbonyl (C=O) groups excluding carboxylic acids is 2. The predicted octanol–water partition coefficient (Wildman–Crippen LogP) is 3.13. The number of nitrogens with one attached hydrogen (secondary N) is 2. The van der Waals surface area contributed by atoms with E-state index in [4.69, 9.17) is 0 Å². The van der Waals surface area contributed by atoms with Gasteiger partial charge in [0.15, 0.2) is 0 Å². The quantitative estimate of drug-likeness (QED) is 0.893. The van der Waals surface area contributed by atoms with Crippen molar-refractivity contribution in [1.82, 2.24) is 5.32 Å². The summed E-state index contributed by atoms with van der Waals surface area (Å²) in [5, 5.41) is 5.31. The van der Waals surface area contributed by atoms with E-state index >= 15 is 0 Å². The van der Waals surface area contributed by atoms with Crippen LogP contribution in [-0.4, -0.2) is 18.4 Å². The summed E-state index contributed by atoms with van der Waals surface area (Å²) >= 11 is 3.32. The first kappa shape index (κ1) is 15.3. The molecule has 0 heterocycles. The van der Waals surface area contributed by atoms with Gasteiger partial charge < -0.3 is 10.6 Å². The van der Waals surface area contributed by atoms with Crippen molar-refractivity contribution in [2.24, 2.45) is 0 Å². The molecule has 4 nitrogen and oxygen atoms in total. The van der Waals surface area contributed by atoms with Crippen molar-refractivity contribution in [3.63, 3.8) is 0 Å². The maximum absolute atomic E-state index is 11.9. The minimum atomic E-state index is -0.265. The maximum Gasteiger partial charge on any atom is 0.251 e. The monoisotopic (exact) mass is 346 g/mol. The highest BCUT2D eigenvalue weighted by Gasteiger charge is 2.08. The summed E-state index contributed by atoms with van der Waals surface area (Å²) in [4.78, 5) is 23.7. The van der Waals surface area contributed by atoms with Gasteiger partial charge in [-0.25, -0.2) is 0 Å². The van der Waals surface area contributed by atoms with Gasteiger partial charge in [-0.15, -0.1) is 0 Å². The Kier molecular flexibility index (Phi) is 5.11. The van der Waals surface area contributed by atoms with Crippen molar-refractivity contribution < 1.29 is 9.59 Å². The van der Waals surface area contributed by atoms with Crippen molar-refractivity contribution in [2.75, 3.05) is 11.9 Å². The lowest BCUT2D eigenvalue weighted by molar-refractivity contribution is -0.115. The lowest BCUT2D eigenvalue weighted by atomic mass is 10.1. The van der Waals surface area contributed by atoms with Crippen LogP contribution in [0.25, 0.3) is 0 Å². The van der Waals surface area contributed by atoms with Gasteiger partial charge in [0, 0.05) is 15.7 Å². The summed E-state index contributed by atoms with van der Waals surface area (Å²) < 4.78 is 0.938. The summed E-state index contributed by atoms with van der Waals surface area (Å²) in [5.41, 5.74) is 2.24. The second-order valence-electron chi connectivity index (χ2n) is 4.61. The van der Waals surface area contributed by atoms with Gasteiger partial charge in [-0.1, -0.05) is 33.6 Å². The number of hydrogen-bond donors (Lipinski definition) is 2. The van der Waals surface area contributed by atoms with Crippen molar-refractivity contribution in [3.8, 4) is 0 Å². The van der Waals surface area contributed by atoms with E-state index in [2.05, 4.69) is 26.6 Å². The fourth-order valence-electron chi connectivity index (χ4n) is 1.79. The van der Waals surface area contributed by atoms with Crippen LogP contribution in [0.15, 0.2) is 53.0 Å². The molecule has 0 aliphatic rings. The molecular weight excluding hydrogens is 332 g/mol. The molecular formula is C16H15BrN2O2. The third-order valence-electron chi connectivity index (χ3n) is 2.82. The molecule has 108 valence electrons. The molecule has 0 unspecified atom stereocenters. The van der Waals surface area contributed by atoms with Crippen LogP contribution >= 0.6 is 15.9 Å². The molecule has 0 aliphatic carbocycles. The summed E-state index contributed by atoms with van der Waals surface area (Å²) in [6, 6.07) is 14.5. The van der Waals surface area contributed by atoms with Crippen LogP contribution < -0.4 is 10.6 Å². The molecule has 0 aliphatic heterocycles. The molecule has 2 rings (SSSR count). The third kappa shape index (κ3) is 4.72. The largest absolute Gasteiger partial charge is 0.343 e. The SMILES string of the molecule is Cc1cccc(C(=O)NCC(=O)Nc2ccc(Br)cc2)c1. The van der Waals surface area contributed by atoms with Gasteiger partial charge in [-0.05, 0) is 43.3 Å². The van der Waals surface area contributed by atoms with Gasteiger partial charge in [0.1, 0.15) is 0 Å². The zero-order valence-corrected chi connectivity index (χ0v) is 13.1. The number of halogens is 1. The van der Waals surface area contributed by atoms with E-state index < -0.39 is 0 Å². The number of aryl methyl sites for hydroxylation is 1. The first-order chi connectivity index (χ1) is 10.0. The van der Waals surface area contributed by atoms with Crippen LogP contribution in [0.4, 0.5) is 5.69 Å². The lowest BCUT2D eigenvalue weighted by Crippen LogP contribution is -2.32. The molecule has 0 spiro atoms. The zero-order chi connectivity index (χ0) is 15.2. The average Bonchev–Trinajstić information content (AvgIpc) is 2.47. The van der Waals surface area contributed by atoms with Crippen LogP contribution in [0, 0.1) is 6.92 Å². The zero-order valence-electron chi connectivity index (χ0n) is 11.5. The Labute approximate surface area is 131 Å². The number of rotatable bonds is 4. The second kappa shape index (κ2) is 7.04. The number of amides is 2. The maximum atomic E-state index is 11.9. The Morgan fingerprint density at radius 2 is 1.81 bits per heavy atom. The molecule has 2 amide bonds. The van der Waals surface area contributed by atoms with E-state index in [9.17, 15) is 9.59 Å². The fourth-order valence-corrected chi connectivity index (χ4v) is 2.05. The molecule has 2 aromatic carbocycles. The molecule has 2 aromatic rings. The van der Waals surface area contributed by atoms with E-state index in [1.807, 2.05) is 31.2 Å². The molecule has 2 N–H and O–H groups in total. The normalized spacial score (nSPS) is 10.0. The Morgan fingerprint density at radius 1 is 1.10 bits per heavy atom. The standard InChI is InChI=1S/C16H15BrN2O2/c1-11-3-2-4-12(9-11)16(21)18-10-15(20)19-14-7-5-13(17)6-8-14/h2-9H,10H2,1H3,(H,18,21)(H,19,20). The van der Waals surface area contributed by atoms with Crippen LogP contribution in [-0.2, 0) is 4.79 Å². The van der Waals surface area contributed by atoms with Crippen molar-refractivity contribution in [2.45, 2.75) is 6.92 Å². The first-order valence-electron chi connectivity index (χ1n) is 6.45. The highest BCUT2D eigenvalue weighted by atomic mass is 79.9. The van der Waals surface area contributed by atoms with E-state index in [0.717, 1.165) is 10.0 Å². The highest BCUT2D eigenvalue weighted by Crippen LogP contribution is 2.13. The van der Waals surface area contributed by atoms with Crippen LogP contribution in [0.1, 0.15) is 15.9 Å². The smallest absolute Gasteiger partial charge is 0.251 e. The third-order valence-corrected chi connectivity index (χ3v) is 3.35. The second-order valence-corrected chi connectivity index (χ2v) is 5.52. The number of carbonyl (C=O) groups is 2. The summed E-state index contributed by atoms with van der Waals surface area (Å²) in [6.07, 6.45) is 0. The van der Waals surface area contributed by atoms with E-state index in [-0.39, 0.29) is 18.4 Å². The lowest BCUT2D eigenvalue weighted by Gasteiger charge is -2.07. The van der Waals surface area contributed by atoms with Gasteiger partial charge in [-0.3, -0.25) is 9.59 Å². The Morgan fingerprint density at radius 3 is 2.48 bits per heavy atom. The van der Waals surface area contributed by atoms with Crippen LogP contribution in [0.3, 0.4) is 0 Å². The molecule has 0 saturated heterocycles.